The molecule has 0 aliphatic carbocycles. The molecule has 106 valence electrons. The highest BCUT2D eigenvalue weighted by molar-refractivity contribution is 5.93. The van der Waals surface area contributed by atoms with Gasteiger partial charge in [-0.2, -0.15) is 0 Å². The average Bonchev–Trinajstić information content (AvgIpc) is 2.38. The van der Waals surface area contributed by atoms with E-state index >= 15 is 0 Å². The Morgan fingerprint density at radius 3 is 2.53 bits per heavy atom. The molecule has 0 fully saturated rings. The maximum Gasteiger partial charge on any atom is 0.254 e. The van der Waals surface area contributed by atoms with Crippen molar-refractivity contribution in [3.63, 3.8) is 0 Å². The molecule has 1 rings (SSSR count). The largest absolute Gasteiger partial charge is 0.368 e. The van der Waals surface area contributed by atoms with Crippen LogP contribution in [0.25, 0.3) is 0 Å². The standard InChI is InChI=1S/C15H25N3O/c1-6-11(2)9-12(3)17-14-8-7-13(10-16-14)15(19)18(4)5/h7-8,10-12H,6,9H2,1-5H3,(H,16,17). The molecule has 1 N–H and O–H groups in total. The first-order valence-electron chi connectivity index (χ1n) is 6.88. The number of carbonyl (C=O) groups excluding carboxylic acids is 1. The summed E-state index contributed by atoms with van der Waals surface area (Å²) in [6.45, 7) is 6.62. The number of hydrogen-bond acceptors (Lipinski definition) is 3. The average molecular weight is 263 g/mol. The van der Waals surface area contributed by atoms with E-state index in [-0.39, 0.29) is 5.91 Å². The van der Waals surface area contributed by atoms with Crippen LogP contribution in [0.4, 0.5) is 5.82 Å². The molecule has 1 heterocycles. The Labute approximate surface area is 116 Å². The molecular formula is C15H25N3O. The zero-order chi connectivity index (χ0) is 14.4. The highest BCUT2D eigenvalue weighted by Crippen LogP contribution is 2.14. The van der Waals surface area contributed by atoms with Gasteiger partial charge in [-0.3, -0.25) is 4.79 Å². The minimum absolute atomic E-state index is 0.0216. The van der Waals surface area contributed by atoms with E-state index in [1.807, 2.05) is 12.1 Å². The predicted octanol–water partition coefficient (Wildman–Crippen LogP) is 3.02. The number of hydrogen-bond donors (Lipinski definition) is 1. The van der Waals surface area contributed by atoms with E-state index < -0.39 is 0 Å². The summed E-state index contributed by atoms with van der Waals surface area (Å²) in [5, 5.41) is 3.37. The second-order valence-electron chi connectivity index (χ2n) is 5.43. The van der Waals surface area contributed by atoms with Gasteiger partial charge in [0.2, 0.25) is 0 Å². The van der Waals surface area contributed by atoms with Crippen LogP contribution in [-0.2, 0) is 0 Å². The molecule has 4 heteroatoms. The molecule has 1 aromatic rings. The van der Waals surface area contributed by atoms with Crippen molar-refractivity contribution in [3.8, 4) is 0 Å². The first kappa shape index (κ1) is 15.5. The molecule has 0 radical (unpaired) electrons. The number of aromatic nitrogens is 1. The van der Waals surface area contributed by atoms with Crippen molar-refractivity contribution in [1.29, 1.82) is 0 Å². The Morgan fingerprint density at radius 1 is 1.37 bits per heavy atom. The Kier molecular flexibility index (Phi) is 5.80. The monoisotopic (exact) mass is 263 g/mol. The van der Waals surface area contributed by atoms with Crippen LogP contribution >= 0.6 is 0 Å². The Balaban J connectivity index is 2.59. The number of nitrogens with one attached hydrogen (secondary N) is 1. The fraction of sp³-hybridized carbons (Fsp3) is 0.600. The normalized spacial score (nSPS) is 13.7. The summed E-state index contributed by atoms with van der Waals surface area (Å²) in [5.41, 5.74) is 0.616. The second kappa shape index (κ2) is 7.12. The highest BCUT2D eigenvalue weighted by atomic mass is 16.2. The topological polar surface area (TPSA) is 45.2 Å². The minimum Gasteiger partial charge on any atom is -0.368 e. The van der Waals surface area contributed by atoms with Gasteiger partial charge >= 0.3 is 0 Å². The lowest BCUT2D eigenvalue weighted by atomic mass is 10.0. The van der Waals surface area contributed by atoms with Crippen molar-refractivity contribution in [2.24, 2.45) is 5.92 Å². The number of anilines is 1. The Hall–Kier alpha value is -1.58. The van der Waals surface area contributed by atoms with Crippen molar-refractivity contribution in [2.45, 2.75) is 39.7 Å². The van der Waals surface area contributed by atoms with Crippen LogP contribution in [0.15, 0.2) is 18.3 Å². The third-order valence-corrected chi connectivity index (χ3v) is 3.26. The van der Waals surface area contributed by atoms with Gasteiger partial charge in [-0.25, -0.2) is 4.98 Å². The summed E-state index contributed by atoms with van der Waals surface area (Å²) >= 11 is 0. The van der Waals surface area contributed by atoms with Crippen molar-refractivity contribution >= 4 is 11.7 Å². The van der Waals surface area contributed by atoms with E-state index in [1.165, 1.54) is 6.42 Å². The van der Waals surface area contributed by atoms with Gasteiger partial charge in [-0.15, -0.1) is 0 Å². The summed E-state index contributed by atoms with van der Waals surface area (Å²) < 4.78 is 0. The molecule has 0 aliphatic rings. The quantitative estimate of drug-likeness (QED) is 0.858. The molecule has 0 bridgehead atoms. The van der Waals surface area contributed by atoms with Crippen LogP contribution in [0, 0.1) is 5.92 Å². The lowest BCUT2D eigenvalue weighted by molar-refractivity contribution is 0.0827. The summed E-state index contributed by atoms with van der Waals surface area (Å²) in [4.78, 5) is 17.6. The van der Waals surface area contributed by atoms with Crippen LogP contribution < -0.4 is 5.32 Å². The van der Waals surface area contributed by atoms with Crippen LogP contribution in [0.3, 0.4) is 0 Å². The summed E-state index contributed by atoms with van der Waals surface area (Å²) in [6.07, 6.45) is 3.94. The third-order valence-electron chi connectivity index (χ3n) is 3.26. The van der Waals surface area contributed by atoms with E-state index in [1.54, 1.807) is 25.2 Å². The maximum atomic E-state index is 11.7. The number of rotatable bonds is 6. The van der Waals surface area contributed by atoms with Crippen molar-refractivity contribution in [3.05, 3.63) is 23.9 Å². The van der Waals surface area contributed by atoms with Gasteiger partial charge in [0, 0.05) is 26.3 Å². The molecule has 1 aromatic heterocycles. The number of nitrogens with zero attached hydrogens (tertiary/aromatic N) is 2. The molecule has 0 aliphatic heterocycles. The molecule has 0 saturated heterocycles. The second-order valence-corrected chi connectivity index (χ2v) is 5.43. The van der Waals surface area contributed by atoms with Crippen molar-refractivity contribution in [2.75, 3.05) is 19.4 Å². The van der Waals surface area contributed by atoms with Gasteiger partial charge in [-0.1, -0.05) is 20.3 Å². The van der Waals surface area contributed by atoms with Gasteiger partial charge in [0.1, 0.15) is 5.82 Å². The van der Waals surface area contributed by atoms with Crippen LogP contribution in [-0.4, -0.2) is 35.9 Å². The molecule has 2 unspecified atom stereocenters. The maximum absolute atomic E-state index is 11.7. The van der Waals surface area contributed by atoms with E-state index in [2.05, 4.69) is 31.1 Å². The lowest BCUT2D eigenvalue weighted by Gasteiger charge is -2.18. The summed E-state index contributed by atoms with van der Waals surface area (Å²) in [7, 11) is 3.48. The van der Waals surface area contributed by atoms with Crippen molar-refractivity contribution in [1.82, 2.24) is 9.88 Å². The zero-order valence-electron chi connectivity index (χ0n) is 12.6. The lowest BCUT2D eigenvalue weighted by Crippen LogP contribution is -2.22. The Morgan fingerprint density at radius 2 is 2.05 bits per heavy atom. The summed E-state index contributed by atoms with van der Waals surface area (Å²) in [5.74, 6) is 1.51. The van der Waals surface area contributed by atoms with Crippen LogP contribution in [0.2, 0.25) is 0 Å². The Bertz CT molecular complexity index is 400. The fourth-order valence-electron chi connectivity index (χ4n) is 1.95. The number of carbonyl (C=O) groups is 1. The molecule has 19 heavy (non-hydrogen) atoms. The predicted molar refractivity (Wildman–Crippen MR) is 79.4 cm³/mol. The first-order valence-corrected chi connectivity index (χ1v) is 6.88. The molecule has 0 aromatic carbocycles. The van der Waals surface area contributed by atoms with Crippen molar-refractivity contribution < 1.29 is 4.79 Å². The van der Waals surface area contributed by atoms with Crippen LogP contribution in [0.5, 0.6) is 0 Å². The van der Waals surface area contributed by atoms with E-state index in [0.717, 1.165) is 12.2 Å². The summed E-state index contributed by atoms with van der Waals surface area (Å²) in [6, 6.07) is 4.06. The van der Waals surface area contributed by atoms with E-state index in [9.17, 15) is 4.79 Å². The SMILES string of the molecule is CCC(C)CC(C)Nc1ccc(C(=O)N(C)C)cn1. The van der Waals surface area contributed by atoms with Gasteiger partial charge in [-0.05, 0) is 31.4 Å². The molecule has 1 amide bonds. The molecule has 2 atom stereocenters. The highest BCUT2D eigenvalue weighted by Gasteiger charge is 2.10. The van der Waals surface area contributed by atoms with Gasteiger partial charge < -0.3 is 10.2 Å². The smallest absolute Gasteiger partial charge is 0.254 e. The zero-order valence-corrected chi connectivity index (χ0v) is 12.6. The number of pyridine rings is 1. The van der Waals surface area contributed by atoms with E-state index in [0.29, 0.717) is 17.5 Å². The molecular weight excluding hydrogens is 238 g/mol. The molecule has 0 spiro atoms. The van der Waals surface area contributed by atoms with Crippen LogP contribution in [0.1, 0.15) is 44.0 Å². The molecule has 4 nitrogen and oxygen atoms in total. The minimum atomic E-state index is -0.0216. The third kappa shape index (κ3) is 4.89. The fourth-order valence-corrected chi connectivity index (χ4v) is 1.95. The van der Waals surface area contributed by atoms with E-state index in [4.69, 9.17) is 0 Å². The molecule has 0 saturated carbocycles. The van der Waals surface area contributed by atoms with Gasteiger partial charge in [0.15, 0.2) is 0 Å². The number of amides is 1. The van der Waals surface area contributed by atoms with Gasteiger partial charge in [0.05, 0.1) is 5.56 Å². The van der Waals surface area contributed by atoms with Gasteiger partial charge in [0.25, 0.3) is 5.91 Å². The first-order chi connectivity index (χ1) is 8.93.